The molecule has 1 aliphatic rings. The third-order valence-electron chi connectivity index (χ3n) is 3.23. The van der Waals surface area contributed by atoms with E-state index in [4.69, 9.17) is 4.74 Å². The minimum atomic E-state index is -0.924. The molecular weight excluding hydrogens is 256 g/mol. The minimum absolute atomic E-state index is 0.442. The van der Waals surface area contributed by atoms with Crippen molar-refractivity contribution in [3.63, 3.8) is 0 Å². The van der Waals surface area contributed by atoms with E-state index < -0.39 is 23.6 Å². The molecule has 1 unspecified atom stereocenters. The van der Waals surface area contributed by atoms with Gasteiger partial charge in [-0.25, -0.2) is 4.79 Å². The molecule has 100 valence electrons. The molecule has 0 spiro atoms. The fourth-order valence-electron chi connectivity index (χ4n) is 2.15. The standard InChI is InChI=1S/C16H12O4/c17-13-14(18)16(19)20-15(13)12-8-6-11(7-9-12)10-4-2-1-3-5-10/h1-9,15,17-18H. The Morgan fingerprint density at radius 1 is 0.850 bits per heavy atom. The lowest BCUT2D eigenvalue weighted by atomic mass is 10.0. The first-order chi connectivity index (χ1) is 9.66. The Kier molecular flexibility index (Phi) is 2.91. The van der Waals surface area contributed by atoms with Crippen molar-refractivity contribution >= 4 is 5.97 Å². The summed E-state index contributed by atoms with van der Waals surface area (Å²) in [6.07, 6.45) is -0.924. The van der Waals surface area contributed by atoms with E-state index in [1.807, 2.05) is 42.5 Å². The van der Waals surface area contributed by atoms with Crippen molar-refractivity contribution in [3.05, 3.63) is 71.7 Å². The van der Waals surface area contributed by atoms with Gasteiger partial charge in [0.2, 0.25) is 5.76 Å². The summed E-state index contributed by atoms with van der Waals surface area (Å²) in [6, 6.07) is 17.1. The van der Waals surface area contributed by atoms with Crippen LogP contribution in [0.25, 0.3) is 11.1 Å². The summed E-state index contributed by atoms with van der Waals surface area (Å²) in [7, 11) is 0. The summed E-state index contributed by atoms with van der Waals surface area (Å²) in [5.41, 5.74) is 2.70. The zero-order valence-corrected chi connectivity index (χ0v) is 10.5. The fourth-order valence-corrected chi connectivity index (χ4v) is 2.15. The summed E-state index contributed by atoms with van der Waals surface area (Å²) in [5, 5.41) is 18.9. The van der Waals surface area contributed by atoms with Crippen LogP contribution in [0.3, 0.4) is 0 Å². The molecule has 4 nitrogen and oxygen atoms in total. The molecule has 3 rings (SSSR count). The van der Waals surface area contributed by atoms with E-state index in [0.717, 1.165) is 11.1 Å². The Bertz CT molecular complexity index is 671. The number of cyclic esters (lactones) is 1. The van der Waals surface area contributed by atoms with Crippen LogP contribution in [0.2, 0.25) is 0 Å². The van der Waals surface area contributed by atoms with Gasteiger partial charge in [0, 0.05) is 5.56 Å². The van der Waals surface area contributed by atoms with Crippen molar-refractivity contribution in [2.24, 2.45) is 0 Å². The van der Waals surface area contributed by atoms with Gasteiger partial charge in [-0.3, -0.25) is 0 Å². The number of carbonyl (C=O) groups is 1. The highest BCUT2D eigenvalue weighted by Gasteiger charge is 2.35. The summed E-state index contributed by atoms with van der Waals surface area (Å²) >= 11 is 0. The number of aliphatic hydroxyl groups excluding tert-OH is 2. The second-order valence-corrected chi connectivity index (χ2v) is 4.51. The van der Waals surface area contributed by atoms with E-state index in [2.05, 4.69) is 0 Å². The lowest BCUT2D eigenvalue weighted by Crippen LogP contribution is -2.03. The van der Waals surface area contributed by atoms with Crippen LogP contribution in [-0.4, -0.2) is 16.2 Å². The number of esters is 1. The number of carbonyl (C=O) groups excluding carboxylic acids is 1. The molecule has 0 saturated heterocycles. The summed E-state index contributed by atoms with van der Waals surface area (Å²) in [4.78, 5) is 11.2. The molecule has 1 heterocycles. The average molecular weight is 268 g/mol. The molecule has 2 aromatic rings. The monoisotopic (exact) mass is 268 g/mol. The minimum Gasteiger partial charge on any atom is -0.505 e. The lowest BCUT2D eigenvalue weighted by molar-refractivity contribution is -0.142. The van der Waals surface area contributed by atoms with Crippen LogP contribution < -0.4 is 0 Å². The smallest absolute Gasteiger partial charge is 0.378 e. The van der Waals surface area contributed by atoms with Crippen LogP contribution in [0, 0.1) is 0 Å². The summed E-state index contributed by atoms with van der Waals surface area (Å²) in [6.45, 7) is 0. The molecule has 0 fully saturated rings. The Balaban J connectivity index is 1.90. The van der Waals surface area contributed by atoms with E-state index in [9.17, 15) is 15.0 Å². The molecule has 0 amide bonds. The van der Waals surface area contributed by atoms with Crippen LogP contribution in [0.1, 0.15) is 11.7 Å². The van der Waals surface area contributed by atoms with Crippen molar-refractivity contribution in [3.8, 4) is 11.1 Å². The van der Waals surface area contributed by atoms with Crippen LogP contribution >= 0.6 is 0 Å². The first-order valence-electron chi connectivity index (χ1n) is 6.15. The number of benzene rings is 2. The third kappa shape index (κ3) is 2.01. The number of rotatable bonds is 2. The van der Waals surface area contributed by atoms with E-state index in [1.165, 1.54) is 0 Å². The van der Waals surface area contributed by atoms with Crippen LogP contribution in [-0.2, 0) is 9.53 Å². The van der Waals surface area contributed by atoms with Crippen molar-refractivity contribution in [1.29, 1.82) is 0 Å². The predicted octanol–water partition coefficient (Wildman–Crippen LogP) is 3.28. The first kappa shape index (κ1) is 12.3. The molecule has 4 heteroatoms. The maximum absolute atomic E-state index is 11.2. The Hall–Kier alpha value is -2.75. The van der Waals surface area contributed by atoms with Gasteiger partial charge in [0.15, 0.2) is 11.9 Å². The van der Waals surface area contributed by atoms with Gasteiger partial charge >= 0.3 is 5.97 Å². The maximum atomic E-state index is 11.2. The number of aliphatic hydroxyl groups is 2. The van der Waals surface area contributed by atoms with Crippen molar-refractivity contribution in [1.82, 2.24) is 0 Å². The van der Waals surface area contributed by atoms with Crippen molar-refractivity contribution in [2.75, 3.05) is 0 Å². The zero-order chi connectivity index (χ0) is 14.1. The van der Waals surface area contributed by atoms with Crippen molar-refractivity contribution < 1.29 is 19.7 Å². The van der Waals surface area contributed by atoms with Gasteiger partial charge in [-0.05, 0) is 11.1 Å². The molecule has 1 atom stereocenters. The predicted molar refractivity (Wildman–Crippen MR) is 73.0 cm³/mol. The SMILES string of the molecule is O=C1OC(c2ccc(-c3ccccc3)cc2)C(O)=C1O. The van der Waals surface area contributed by atoms with Gasteiger partial charge in [-0.2, -0.15) is 0 Å². The van der Waals surface area contributed by atoms with Gasteiger partial charge in [0.1, 0.15) is 0 Å². The average Bonchev–Trinajstić information content (AvgIpc) is 2.76. The highest BCUT2D eigenvalue weighted by molar-refractivity contribution is 5.89. The van der Waals surface area contributed by atoms with Gasteiger partial charge in [0.25, 0.3) is 0 Å². The second kappa shape index (κ2) is 4.74. The molecular formula is C16H12O4. The quantitative estimate of drug-likeness (QED) is 0.820. The molecule has 2 N–H and O–H groups in total. The van der Waals surface area contributed by atoms with E-state index in [-0.39, 0.29) is 0 Å². The van der Waals surface area contributed by atoms with Crippen LogP contribution in [0.4, 0.5) is 0 Å². The third-order valence-corrected chi connectivity index (χ3v) is 3.23. The maximum Gasteiger partial charge on any atom is 0.378 e. The highest BCUT2D eigenvalue weighted by Crippen LogP contribution is 2.33. The van der Waals surface area contributed by atoms with Crippen molar-refractivity contribution in [2.45, 2.75) is 6.10 Å². The largest absolute Gasteiger partial charge is 0.505 e. The normalized spacial score (nSPS) is 18.2. The van der Waals surface area contributed by atoms with E-state index >= 15 is 0 Å². The number of hydrogen-bond acceptors (Lipinski definition) is 4. The molecule has 0 radical (unpaired) electrons. The van der Waals surface area contributed by atoms with Gasteiger partial charge < -0.3 is 14.9 Å². The number of hydrogen-bond donors (Lipinski definition) is 2. The Morgan fingerprint density at radius 3 is 2.00 bits per heavy atom. The fraction of sp³-hybridized carbons (Fsp3) is 0.0625. The second-order valence-electron chi connectivity index (χ2n) is 4.51. The number of ether oxygens (including phenoxy) is 1. The van der Waals surface area contributed by atoms with Gasteiger partial charge in [-0.15, -0.1) is 0 Å². The lowest BCUT2D eigenvalue weighted by Gasteiger charge is -2.11. The molecule has 0 aliphatic carbocycles. The topological polar surface area (TPSA) is 66.8 Å². The molecule has 0 saturated carbocycles. The van der Waals surface area contributed by atoms with Gasteiger partial charge in [0.05, 0.1) is 0 Å². The zero-order valence-electron chi connectivity index (χ0n) is 10.5. The molecule has 20 heavy (non-hydrogen) atoms. The molecule has 2 aromatic carbocycles. The molecule has 1 aliphatic heterocycles. The highest BCUT2D eigenvalue weighted by atomic mass is 16.6. The van der Waals surface area contributed by atoms with Crippen LogP contribution in [0.5, 0.6) is 0 Å². The van der Waals surface area contributed by atoms with E-state index in [1.54, 1.807) is 12.1 Å². The Morgan fingerprint density at radius 2 is 1.45 bits per heavy atom. The van der Waals surface area contributed by atoms with Gasteiger partial charge in [-0.1, -0.05) is 54.6 Å². The molecule has 0 aromatic heterocycles. The first-order valence-corrected chi connectivity index (χ1v) is 6.15. The summed E-state index contributed by atoms with van der Waals surface area (Å²) < 4.78 is 4.90. The van der Waals surface area contributed by atoms with Crippen LogP contribution in [0.15, 0.2) is 66.1 Å². The molecule has 0 bridgehead atoms. The van der Waals surface area contributed by atoms with E-state index in [0.29, 0.717) is 5.56 Å². The Labute approximate surface area is 115 Å². The summed E-state index contributed by atoms with van der Waals surface area (Å²) in [5.74, 6) is -2.07.